The molecule has 0 aliphatic heterocycles. The lowest BCUT2D eigenvalue weighted by atomic mass is 9.80. The highest BCUT2D eigenvalue weighted by Gasteiger charge is 2.31. The summed E-state index contributed by atoms with van der Waals surface area (Å²) in [4.78, 5) is 23.0. The summed E-state index contributed by atoms with van der Waals surface area (Å²) in [6.07, 6.45) is 2.57. The van der Waals surface area contributed by atoms with Crippen LogP contribution >= 0.6 is 15.9 Å². The molecule has 0 spiro atoms. The Hall–Kier alpha value is -1.40. The highest BCUT2D eigenvalue weighted by atomic mass is 79.9. The van der Waals surface area contributed by atoms with Crippen LogP contribution in [-0.4, -0.2) is 29.7 Å². The van der Waals surface area contributed by atoms with E-state index in [0.717, 1.165) is 12.8 Å². The summed E-state index contributed by atoms with van der Waals surface area (Å²) in [5.74, 6) is -0.763. The van der Waals surface area contributed by atoms with Crippen molar-refractivity contribution in [2.24, 2.45) is 5.92 Å². The predicted molar refractivity (Wildman–Crippen MR) is 82.5 cm³/mol. The second kappa shape index (κ2) is 7.04. The zero-order chi connectivity index (χ0) is 15.4. The number of carboxylic acids is 1. The summed E-state index contributed by atoms with van der Waals surface area (Å²) in [6.45, 7) is 2.67. The molecule has 0 saturated heterocycles. The summed E-state index contributed by atoms with van der Waals surface area (Å²) in [5.41, 5.74) is 0.633. The number of benzene rings is 1. The Bertz CT molecular complexity index is 540. The molecule has 1 aromatic carbocycles. The number of hydrogen-bond acceptors (Lipinski definition) is 3. The molecule has 0 bridgehead atoms. The van der Waals surface area contributed by atoms with Crippen LogP contribution in [-0.2, 0) is 9.53 Å². The number of carboxylic acid groups (broad SMARTS) is 1. The number of amides is 1. The van der Waals surface area contributed by atoms with Gasteiger partial charge in [-0.15, -0.1) is 0 Å². The number of anilines is 1. The molecular weight excluding hydrogens is 338 g/mol. The lowest BCUT2D eigenvalue weighted by Crippen LogP contribution is -2.33. The molecule has 0 aromatic heterocycles. The normalized spacial score (nSPS) is 20.7. The molecule has 1 saturated carbocycles. The molecule has 1 aliphatic rings. The summed E-state index contributed by atoms with van der Waals surface area (Å²) in [5, 5.41) is 11.8. The van der Waals surface area contributed by atoms with Gasteiger partial charge >= 0.3 is 5.97 Å². The summed E-state index contributed by atoms with van der Waals surface area (Å²) in [6, 6.07) is 4.75. The quantitative estimate of drug-likeness (QED) is 0.820. The van der Waals surface area contributed by atoms with E-state index >= 15 is 0 Å². The van der Waals surface area contributed by atoms with Crippen molar-refractivity contribution in [2.45, 2.75) is 32.3 Å². The largest absolute Gasteiger partial charge is 0.478 e. The number of ether oxygens (including phenoxy) is 1. The van der Waals surface area contributed by atoms with E-state index in [4.69, 9.17) is 9.84 Å². The van der Waals surface area contributed by atoms with E-state index in [1.54, 1.807) is 12.1 Å². The smallest absolute Gasteiger partial charge is 0.336 e. The third-order valence-electron chi connectivity index (χ3n) is 3.55. The van der Waals surface area contributed by atoms with Gasteiger partial charge in [0.15, 0.2) is 0 Å². The van der Waals surface area contributed by atoms with Crippen molar-refractivity contribution >= 4 is 33.5 Å². The molecule has 2 N–H and O–H groups in total. The van der Waals surface area contributed by atoms with Crippen molar-refractivity contribution in [1.29, 1.82) is 0 Å². The van der Waals surface area contributed by atoms with Crippen LogP contribution in [0.5, 0.6) is 0 Å². The summed E-state index contributed by atoms with van der Waals surface area (Å²) < 4.78 is 5.95. The fraction of sp³-hybridized carbons (Fsp3) is 0.467. The van der Waals surface area contributed by atoms with Gasteiger partial charge in [-0.05, 0) is 59.8 Å². The Morgan fingerprint density at radius 2 is 2.14 bits per heavy atom. The summed E-state index contributed by atoms with van der Waals surface area (Å²) in [7, 11) is 0. The Kier molecular flexibility index (Phi) is 5.36. The monoisotopic (exact) mass is 355 g/mol. The number of hydrogen-bond donors (Lipinski definition) is 2. The number of carbonyl (C=O) groups is 2. The van der Waals surface area contributed by atoms with E-state index in [1.165, 1.54) is 6.07 Å². The fourth-order valence-electron chi connectivity index (χ4n) is 2.45. The SMILES string of the molecule is CCOC1CC(CC(=O)Nc2ccc(Br)c(C(=O)O)c2)C1. The maximum absolute atomic E-state index is 11.9. The van der Waals surface area contributed by atoms with Gasteiger partial charge in [0.25, 0.3) is 0 Å². The Balaban J connectivity index is 1.86. The highest BCUT2D eigenvalue weighted by molar-refractivity contribution is 9.10. The van der Waals surface area contributed by atoms with E-state index in [1.807, 2.05) is 6.92 Å². The van der Waals surface area contributed by atoms with Gasteiger partial charge in [-0.1, -0.05) is 0 Å². The van der Waals surface area contributed by atoms with Crippen LogP contribution in [0.2, 0.25) is 0 Å². The molecule has 2 rings (SSSR count). The second-order valence-corrected chi connectivity index (χ2v) is 6.02. The molecule has 6 heteroatoms. The lowest BCUT2D eigenvalue weighted by Gasteiger charge is -2.34. The minimum atomic E-state index is -1.03. The van der Waals surface area contributed by atoms with E-state index in [9.17, 15) is 9.59 Å². The van der Waals surface area contributed by atoms with Crippen molar-refractivity contribution in [3.63, 3.8) is 0 Å². The molecule has 1 fully saturated rings. The first kappa shape index (κ1) is 16.0. The first-order valence-electron chi connectivity index (χ1n) is 6.94. The number of aromatic carboxylic acids is 1. The second-order valence-electron chi connectivity index (χ2n) is 5.17. The van der Waals surface area contributed by atoms with Crippen LogP contribution in [0.4, 0.5) is 5.69 Å². The highest BCUT2D eigenvalue weighted by Crippen LogP contribution is 2.33. The van der Waals surface area contributed by atoms with Crippen LogP contribution in [0.3, 0.4) is 0 Å². The molecule has 1 aromatic rings. The average Bonchev–Trinajstić information content (AvgIpc) is 2.38. The molecule has 1 aliphatic carbocycles. The van der Waals surface area contributed by atoms with Crippen LogP contribution in [0, 0.1) is 5.92 Å². The van der Waals surface area contributed by atoms with Crippen LogP contribution in [0.1, 0.15) is 36.5 Å². The van der Waals surface area contributed by atoms with Crippen molar-refractivity contribution in [3.05, 3.63) is 28.2 Å². The van der Waals surface area contributed by atoms with Gasteiger partial charge in [0.05, 0.1) is 11.7 Å². The number of rotatable bonds is 6. The molecule has 114 valence electrons. The van der Waals surface area contributed by atoms with E-state index in [-0.39, 0.29) is 11.5 Å². The first-order chi connectivity index (χ1) is 9.99. The molecule has 0 unspecified atom stereocenters. The molecule has 21 heavy (non-hydrogen) atoms. The van der Waals surface area contributed by atoms with Crippen LogP contribution < -0.4 is 5.32 Å². The van der Waals surface area contributed by atoms with Crippen molar-refractivity contribution in [2.75, 3.05) is 11.9 Å². The number of nitrogens with one attached hydrogen (secondary N) is 1. The first-order valence-corrected chi connectivity index (χ1v) is 7.73. The van der Waals surface area contributed by atoms with Crippen molar-refractivity contribution in [3.8, 4) is 0 Å². The van der Waals surface area contributed by atoms with Crippen molar-refractivity contribution < 1.29 is 19.4 Å². The molecule has 0 atom stereocenters. The van der Waals surface area contributed by atoms with Crippen molar-refractivity contribution in [1.82, 2.24) is 0 Å². The van der Waals surface area contributed by atoms with E-state index < -0.39 is 5.97 Å². The van der Waals surface area contributed by atoms with Gasteiger partial charge in [0, 0.05) is 23.2 Å². The zero-order valence-corrected chi connectivity index (χ0v) is 13.4. The van der Waals surface area contributed by atoms with Gasteiger partial charge in [-0.2, -0.15) is 0 Å². The lowest BCUT2D eigenvalue weighted by molar-refractivity contribution is -0.119. The Labute approximate surface area is 131 Å². The molecule has 1 amide bonds. The minimum Gasteiger partial charge on any atom is -0.478 e. The zero-order valence-electron chi connectivity index (χ0n) is 11.8. The molecular formula is C15H18BrNO4. The number of carbonyl (C=O) groups excluding carboxylic acids is 1. The third kappa shape index (κ3) is 4.28. The van der Waals surface area contributed by atoms with Gasteiger partial charge in [-0.3, -0.25) is 4.79 Å². The third-order valence-corrected chi connectivity index (χ3v) is 4.24. The van der Waals surface area contributed by atoms with Crippen LogP contribution in [0.15, 0.2) is 22.7 Å². The number of halogens is 1. The van der Waals surface area contributed by atoms with Gasteiger partial charge in [0.2, 0.25) is 5.91 Å². The maximum Gasteiger partial charge on any atom is 0.336 e. The van der Waals surface area contributed by atoms with Gasteiger partial charge in [-0.25, -0.2) is 4.79 Å². The summed E-state index contributed by atoms with van der Waals surface area (Å²) >= 11 is 3.17. The topological polar surface area (TPSA) is 75.6 Å². The minimum absolute atomic E-state index is 0.0893. The standard InChI is InChI=1S/C15H18BrNO4/c1-2-21-11-5-9(6-11)7-14(18)17-10-3-4-13(16)12(8-10)15(19)20/h3-4,8-9,11H,2,5-7H2,1H3,(H,17,18)(H,19,20). The van der Waals surface area contributed by atoms with Crippen LogP contribution in [0.25, 0.3) is 0 Å². The predicted octanol–water partition coefficient (Wildman–Crippen LogP) is 3.29. The molecule has 5 nitrogen and oxygen atoms in total. The Morgan fingerprint density at radius 1 is 1.43 bits per heavy atom. The van der Waals surface area contributed by atoms with Gasteiger partial charge < -0.3 is 15.2 Å². The maximum atomic E-state index is 11.9. The van der Waals surface area contributed by atoms with Gasteiger partial charge in [0.1, 0.15) is 0 Å². The Morgan fingerprint density at radius 3 is 2.76 bits per heavy atom. The fourth-order valence-corrected chi connectivity index (χ4v) is 2.87. The van der Waals surface area contributed by atoms with E-state index in [2.05, 4.69) is 21.2 Å². The van der Waals surface area contributed by atoms with E-state index in [0.29, 0.717) is 35.2 Å². The average molecular weight is 356 g/mol. The molecule has 0 heterocycles. The molecule has 0 radical (unpaired) electrons.